The Morgan fingerprint density at radius 1 is 1.54 bits per heavy atom. The van der Waals surface area contributed by atoms with Crippen molar-refractivity contribution >= 4 is 17.0 Å². The Bertz CT molecular complexity index is 470. The van der Waals surface area contributed by atoms with E-state index in [0.717, 1.165) is 11.3 Å². The largest absolute Gasteiger partial charge is 0.381 e. The van der Waals surface area contributed by atoms with E-state index in [-0.39, 0.29) is 0 Å². The van der Waals surface area contributed by atoms with Gasteiger partial charge in [0, 0.05) is 0 Å². The Balaban J connectivity index is 2.83. The van der Waals surface area contributed by atoms with Crippen molar-refractivity contribution in [3.05, 3.63) is 24.8 Å². The third-order valence-electron chi connectivity index (χ3n) is 1.77. The first kappa shape index (κ1) is 7.72. The van der Waals surface area contributed by atoms with Gasteiger partial charge in [-0.1, -0.05) is 6.58 Å². The third kappa shape index (κ3) is 1.05. The van der Waals surface area contributed by atoms with Gasteiger partial charge in [-0.15, -0.1) is 0 Å². The zero-order chi connectivity index (χ0) is 9.42. The maximum atomic E-state index is 5.61. The summed E-state index contributed by atoms with van der Waals surface area (Å²) < 4.78 is 1.63. The molecule has 0 atom stereocenters. The Morgan fingerprint density at radius 2 is 2.31 bits per heavy atom. The van der Waals surface area contributed by atoms with E-state index < -0.39 is 0 Å². The molecule has 0 radical (unpaired) electrons. The lowest BCUT2D eigenvalue weighted by Crippen LogP contribution is -2.01. The maximum Gasteiger partial charge on any atom is 0.197 e. The third-order valence-corrected chi connectivity index (χ3v) is 1.77. The molecule has 2 aromatic heterocycles. The summed E-state index contributed by atoms with van der Waals surface area (Å²) in [7, 11) is 0. The summed E-state index contributed by atoms with van der Waals surface area (Å²) in [4.78, 5) is 7.93. The fraction of sp³-hybridized carbons (Fsp3) is 0.125. The van der Waals surface area contributed by atoms with Gasteiger partial charge in [0.05, 0.1) is 11.9 Å². The van der Waals surface area contributed by atoms with Crippen LogP contribution in [0.3, 0.4) is 0 Å². The van der Waals surface area contributed by atoms with Crippen LogP contribution in [0.4, 0.5) is 5.82 Å². The first-order valence-electron chi connectivity index (χ1n) is 3.80. The molecular weight excluding hydrogens is 166 g/mol. The molecule has 0 aliphatic rings. The molecule has 0 fully saturated rings. The number of allylic oxidation sites excluding steroid dienone is 1. The predicted octanol–water partition coefficient (Wildman–Crippen LogP) is 0.740. The predicted molar refractivity (Wildman–Crippen MR) is 49.9 cm³/mol. The standard InChI is InChI=1S/C8H9N5/c1-5(2)6-3-10-8-7(9)11-4-12-13(6)8/h3-4H,1H2,2H3,(H2,9,11,12). The van der Waals surface area contributed by atoms with E-state index in [2.05, 4.69) is 21.6 Å². The van der Waals surface area contributed by atoms with Crippen molar-refractivity contribution in [1.29, 1.82) is 0 Å². The Morgan fingerprint density at radius 3 is 3.00 bits per heavy atom. The second-order valence-corrected chi connectivity index (χ2v) is 2.80. The Hall–Kier alpha value is -1.91. The minimum atomic E-state index is 0.377. The summed E-state index contributed by atoms with van der Waals surface area (Å²) in [5.74, 6) is 0.377. The molecule has 5 heteroatoms. The van der Waals surface area contributed by atoms with Gasteiger partial charge >= 0.3 is 0 Å². The number of nitrogens with two attached hydrogens (primary N) is 1. The van der Waals surface area contributed by atoms with Crippen molar-refractivity contribution in [1.82, 2.24) is 19.6 Å². The number of aromatic nitrogens is 4. The molecule has 0 aliphatic carbocycles. The molecule has 0 aliphatic heterocycles. The number of nitrogens with zero attached hydrogens (tertiary/aromatic N) is 4. The highest BCUT2D eigenvalue weighted by Gasteiger charge is 2.06. The van der Waals surface area contributed by atoms with Crippen LogP contribution in [0.15, 0.2) is 19.1 Å². The molecule has 0 bridgehead atoms. The lowest BCUT2D eigenvalue weighted by molar-refractivity contribution is 0.890. The smallest absolute Gasteiger partial charge is 0.197 e. The van der Waals surface area contributed by atoms with Gasteiger partial charge < -0.3 is 5.73 Å². The summed E-state index contributed by atoms with van der Waals surface area (Å²) in [5, 5.41) is 4.03. The minimum absolute atomic E-state index is 0.377. The van der Waals surface area contributed by atoms with Crippen LogP contribution in [-0.4, -0.2) is 19.6 Å². The highest BCUT2D eigenvalue weighted by atomic mass is 15.3. The number of rotatable bonds is 1. The van der Waals surface area contributed by atoms with Gasteiger partial charge in [0.15, 0.2) is 11.5 Å². The molecule has 2 N–H and O–H groups in total. The van der Waals surface area contributed by atoms with Crippen LogP contribution in [0.2, 0.25) is 0 Å². The number of fused-ring (bicyclic) bond motifs is 1. The molecule has 0 saturated heterocycles. The van der Waals surface area contributed by atoms with Crippen LogP contribution in [0.1, 0.15) is 12.6 Å². The van der Waals surface area contributed by atoms with Gasteiger partial charge in [-0.05, 0) is 12.5 Å². The van der Waals surface area contributed by atoms with Crippen LogP contribution in [0, 0.1) is 0 Å². The molecule has 13 heavy (non-hydrogen) atoms. The fourth-order valence-corrected chi connectivity index (χ4v) is 1.13. The summed E-state index contributed by atoms with van der Waals surface area (Å²) in [6.45, 7) is 5.71. The Labute approximate surface area is 74.9 Å². The lowest BCUT2D eigenvalue weighted by atomic mass is 10.3. The lowest BCUT2D eigenvalue weighted by Gasteiger charge is -1.98. The van der Waals surface area contributed by atoms with E-state index in [1.54, 1.807) is 10.7 Å². The van der Waals surface area contributed by atoms with Crippen LogP contribution in [0.5, 0.6) is 0 Å². The fourth-order valence-electron chi connectivity index (χ4n) is 1.13. The number of imidazole rings is 1. The number of nitrogen functional groups attached to an aromatic ring is 1. The van der Waals surface area contributed by atoms with Crippen molar-refractivity contribution in [2.75, 3.05) is 5.73 Å². The van der Waals surface area contributed by atoms with Crippen molar-refractivity contribution in [3.8, 4) is 0 Å². The molecule has 0 unspecified atom stereocenters. The highest BCUT2D eigenvalue weighted by molar-refractivity contribution is 5.66. The summed E-state index contributed by atoms with van der Waals surface area (Å²) in [6, 6.07) is 0. The van der Waals surface area contributed by atoms with Crippen molar-refractivity contribution in [2.24, 2.45) is 0 Å². The second-order valence-electron chi connectivity index (χ2n) is 2.80. The quantitative estimate of drug-likeness (QED) is 0.694. The van der Waals surface area contributed by atoms with E-state index in [1.807, 2.05) is 6.92 Å². The van der Waals surface area contributed by atoms with E-state index in [0.29, 0.717) is 11.5 Å². The second kappa shape index (κ2) is 2.55. The van der Waals surface area contributed by atoms with Crippen molar-refractivity contribution in [2.45, 2.75) is 6.92 Å². The normalized spacial score (nSPS) is 10.5. The van der Waals surface area contributed by atoms with Crippen LogP contribution in [-0.2, 0) is 0 Å². The molecule has 0 saturated carbocycles. The van der Waals surface area contributed by atoms with E-state index in [1.165, 1.54) is 6.33 Å². The molecular formula is C8H9N5. The first-order valence-corrected chi connectivity index (χ1v) is 3.80. The molecule has 0 spiro atoms. The maximum absolute atomic E-state index is 5.61. The van der Waals surface area contributed by atoms with E-state index in [9.17, 15) is 0 Å². The van der Waals surface area contributed by atoms with Crippen LogP contribution < -0.4 is 5.73 Å². The van der Waals surface area contributed by atoms with Crippen molar-refractivity contribution in [3.63, 3.8) is 0 Å². The molecule has 2 rings (SSSR count). The van der Waals surface area contributed by atoms with Gasteiger partial charge in [-0.2, -0.15) is 5.10 Å². The highest BCUT2D eigenvalue weighted by Crippen LogP contribution is 2.14. The molecule has 66 valence electrons. The topological polar surface area (TPSA) is 69.1 Å². The van der Waals surface area contributed by atoms with Gasteiger partial charge in [0.25, 0.3) is 0 Å². The summed E-state index contributed by atoms with van der Waals surface area (Å²) >= 11 is 0. The number of hydrogen-bond acceptors (Lipinski definition) is 4. The van der Waals surface area contributed by atoms with Gasteiger partial charge in [0.1, 0.15) is 6.33 Å². The summed E-state index contributed by atoms with van der Waals surface area (Å²) in [6.07, 6.45) is 3.08. The van der Waals surface area contributed by atoms with Gasteiger partial charge in [-0.3, -0.25) is 0 Å². The van der Waals surface area contributed by atoms with Gasteiger partial charge in [-0.25, -0.2) is 14.5 Å². The molecule has 2 aromatic rings. The molecule has 2 heterocycles. The Kier molecular flexibility index (Phi) is 1.51. The van der Waals surface area contributed by atoms with E-state index in [4.69, 9.17) is 5.73 Å². The van der Waals surface area contributed by atoms with E-state index >= 15 is 0 Å². The average Bonchev–Trinajstić information content (AvgIpc) is 2.48. The SMILES string of the molecule is C=C(C)c1cnc2c(N)ncnn12. The van der Waals surface area contributed by atoms with Crippen LogP contribution in [0.25, 0.3) is 11.2 Å². The monoisotopic (exact) mass is 175 g/mol. The zero-order valence-electron chi connectivity index (χ0n) is 7.23. The molecule has 0 aromatic carbocycles. The van der Waals surface area contributed by atoms with Crippen molar-refractivity contribution < 1.29 is 0 Å². The first-order chi connectivity index (χ1) is 6.20. The molecule has 0 amide bonds. The van der Waals surface area contributed by atoms with Gasteiger partial charge in [0.2, 0.25) is 0 Å². The van der Waals surface area contributed by atoms with Crippen LogP contribution >= 0.6 is 0 Å². The molecule has 5 nitrogen and oxygen atoms in total. The average molecular weight is 175 g/mol. The summed E-state index contributed by atoms with van der Waals surface area (Å²) in [5.41, 5.74) is 7.92. The number of anilines is 1. The zero-order valence-corrected chi connectivity index (χ0v) is 7.23. The minimum Gasteiger partial charge on any atom is -0.381 e. The number of hydrogen-bond donors (Lipinski definition) is 1.